The van der Waals surface area contributed by atoms with Gasteiger partial charge in [0.1, 0.15) is 23.8 Å². The van der Waals surface area contributed by atoms with E-state index in [2.05, 4.69) is 31.4 Å². The van der Waals surface area contributed by atoms with Crippen LogP contribution in [0.15, 0.2) is 49.1 Å². The molecule has 8 nitrogen and oxygen atoms in total. The van der Waals surface area contributed by atoms with Crippen LogP contribution in [0, 0.1) is 18.3 Å². The van der Waals surface area contributed by atoms with E-state index in [0.717, 1.165) is 22.2 Å². The molecule has 0 bridgehead atoms. The lowest BCUT2D eigenvalue weighted by molar-refractivity contribution is 0.902. The van der Waals surface area contributed by atoms with E-state index in [4.69, 9.17) is 11.0 Å². The van der Waals surface area contributed by atoms with E-state index in [-0.39, 0.29) is 0 Å². The Bertz CT molecular complexity index is 1160. The van der Waals surface area contributed by atoms with E-state index in [1.54, 1.807) is 24.5 Å². The Hall–Kier alpha value is -3.99. The van der Waals surface area contributed by atoms with Crippen LogP contribution in [-0.2, 0) is 0 Å². The van der Waals surface area contributed by atoms with E-state index in [0.29, 0.717) is 23.0 Å². The maximum atomic E-state index is 9.04. The third-order valence-electron chi connectivity index (χ3n) is 3.95. The zero-order valence-corrected chi connectivity index (χ0v) is 13.9. The van der Waals surface area contributed by atoms with Gasteiger partial charge in [-0.05, 0) is 30.7 Å². The number of nitrogens with two attached hydrogens (primary N) is 1. The summed E-state index contributed by atoms with van der Waals surface area (Å²) in [5, 5.41) is 17.5. The number of rotatable bonds is 3. The molecule has 126 valence electrons. The first-order valence-corrected chi connectivity index (χ1v) is 7.83. The molecule has 0 spiro atoms. The highest BCUT2D eigenvalue weighted by atomic mass is 15.3. The Morgan fingerprint density at radius 2 is 1.92 bits per heavy atom. The predicted octanol–water partition coefficient (Wildman–Crippen LogP) is 2.72. The number of nitrogen functional groups attached to an aromatic ring is 1. The highest BCUT2D eigenvalue weighted by Crippen LogP contribution is 2.24. The van der Waals surface area contributed by atoms with Crippen molar-refractivity contribution in [1.82, 2.24) is 24.7 Å². The number of anilines is 3. The van der Waals surface area contributed by atoms with Gasteiger partial charge >= 0.3 is 0 Å². The van der Waals surface area contributed by atoms with Crippen molar-refractivity contribution in [2.45, 2.75) is 6.92 Å². The number of nitriles is 1. The molecule has 26 heavy (non-hydrogen) atoms. The van der Waals surface area contributed by atoms with Crippen LogP contribution in [0.2, 0.25) is 0 Å². The van der Waals surface area contributed by atoms with Crippen molar-refractivity contribution in [3.63, 3.8) is 0 Å². The van der Waals surface area contributed by atoms with Gasteiger partial charge in [-0.25, -0.2) is 19.6 Å². The topological polar surface area (TPSA) is 118 Å². The quantitative estimate of drug-likeness (QED) is 0.587. The monoisotopic (exact) mass is 342 g/mol. The van der Waals surface area contributed by atoms with Crippen LogP contribution in [0.5, 0.6) is 0 Å². The van der Waals surface area contributed by atoms with Crippen LogP contribution in [0.4, 0.5) is 17.5 Å². The van der Waals surface area contributed by atoms with Gasteiger partial charge in [0.25, 0.3) is 0 Å². The molecular weight excluding hydrogens is 328 g/mol. The molecule has 0 saturated carbocycles. The van der Waals surface area contributed by atoms with Gasteiger partial charge in [0.2, 0.25) is 0 Å². The molecule has 0 radical (unpaired) electrons. The summed E-state index contributed by atoms with van der Waals surface area (Å²) < 4.78 is 1.83. The molecule has 0 saturated heterocycles. The van der Waals surface area contributed by atoms with Gasteiger partial charge in [0, 0.05) is 23.7 Å². The van der Waals surface area contributed by atoms with Crippen LogP contribution in [-0.4, -0.2) is 24.7 Å². The van der Waals surface area contributed by atoms with Crippen molar-refractivity contribution < 1.29 is 0 Å². The summed E-state index contributed by atoms with van der Waals surface area (Å²) in [4.78, 5) is 12.4. The fraction of sp³-hybridized carbons (Fsp3) is 0.0556. The molecule has 0 aliphatic heterocycles. The SMILES string of the molecule is Cc1cc(C#N)ccc1-n1ncc2cnc(Nc3cc(N)ncn3)cc21. The van der Waals surface area contributed by atoms with Crippen molar-refractivity contribution in [2.24, 2.45) is 0 Å². The number of hydrogen-bond donors (Lipinski definition) is 2. The normalized spacial score (nSPS) is 10.6. The molecule has 0 amide bonds. The van der Waals surface area contributed by atoms with Crippen LogP contribution in [0.25, 0.3) is 16.6 Å². The van der Waals surface area contributed by atoms with Crippen molar-refractivity contribution >= 4 is 28.4 Å². The van der Waals surface area contributed by atoms with E-state index in [9.17, 15) is 0 Å². The third kappa shape index (κ3) is 2.78. The first-order valence-electron chi connectivity index (χ1n) is 7.83. The lowest BCUT2D eigenvalue weighted by Crippen LogP contribution is -2.01. The Balaban J connectivity index is 1.77. The zero-order valence-electron chi connectivity index (χ0n) is 13.9. The summed E-state index contributed by atoms with van der Waals surface area (Å²) >= 11 is 0. The molecule has 3 N–H and O–H groups in total. The van der Waals surface area contributed by atoms with E-state index >= 15 is 0 Å². The molecule has 0 aliphatic carbocycles. The second kappa shape index (κ2) is 6.14. The van der Waals surface area contributed by atoms with Gasteiger partial charge in [-0.3, -0.25) is 0 Å². The number of nitrogens with zero attached hydrogens (tertiary/aromatic N) is 6. The summed E-state index contributed by atoms with van der Waals surface area (Å²) in [6, 6.07) is 11.2. The average molecular weight is 342 g/mol. The second-order valence-corrected chi connectivity index (χ2v) is 5.75. The lowest BCUT2D eigenvalue weighted by atomic mass is 10.1. The number of benzene rings is 1. The molecule has 0 fully saturated rings. The molecule has 1 aromatic carbocycles. The van der Waals surface area contributed by atoms with Crippen molar-refractivity contribution in [1.29, 1.82) is 5.26 Å². The van der Waals surface area contributed by atoms with Crippen molar-refractivity contribution in [2.75, 3.05) is 11.1 Å². The molecule has 3 aromatic heterocycles. The fourth-order valence-corrected chi connectivity index (χ4v) is 2.72. The fourth-order valence-electron chi connectivity index (χ4n) is 2.72. The highest BCUT2D eigenvalue weighted by Gasteiger charge is 2.10. The number of aryl methyl sites for hydroxylation is 1. The molecule has 0 aliphatic rings. The molecule has 4 aromatic rings. The summed E-state index contributed by atoms with van der Waals surface area (Å²) in [5.74, 6) is 1.55. The lowest BCUT2D eigenvalue weighted by Gasteiger charge is -2.09. The number of fused-ring (bicyclic) bond motifs is 1. The smallest absolute Gasteiger partial charge is 0.137 e. The average Bonchev–Trinajstić information content (AvgIpc) is 3.04. The third-order valence-corrected chi connectivity index (χ3v) is 3.95. The summed E-state index contributed by atoms with van der Waals surface area (Å²) in [6.45, 7) is 1.95. The van der Waals surface area contributed by atoms with E-state index in [1.165, 1.54) is 6.33 Å². The van der Waals surface area contributed by atoms with E-state index < -0.39 is 0 Å². The maximum absolute atomic E-state index is 9.04. The van der Waals surface area contributed by atoms with Crippen LogP contribution >= 0.6 is 0 Å². The number of hydrogen-bond acceptors (Lipinski definition) is 7. The Labute approximate surface area is 149 Å². The first kappa shape index (κ1) is 15.5. The minimum atomic E-state index is 0.377. The van der Waals surface area contributed by atoms with Crippen LogP contribution in [0.3, 0.4) is 0 Å². The van der Waals surface area contributed by atoms with Crippen LogP contribution < -0.4 is 11.1 Å². The molecule has 3 heterocycles. The van der Waals surface area contributed by atoms with Gasteiger partial charge in [-0.15, -0.1) is 0 Å². The summed E-state index contributed by atoms with van der Waals surface area (Å²) in [5.41, 5.74) is 9.05. The number of nitrogens with one attached hydrogen (secondary N) is 1. The minimum absolute atomic E-state index is 0.377. The Morgan fingerprint density at radius 1 is 1.08 bits per heavy atom. The van der Waals surface area contributed by atoms with Crippen molar-refractivity contribution in [3.05, 3.63) is 60.2 Å². The standard InChI is InChI=1S/C18H14N8/c1-11-4-12(7-19)2-3-14(11)26-15-5-17(21-8-13(15)9-24-26)25-18-6-16(20)22-10-23-18/h2-6,8-10H,1H3,(H3,20,21,22,23,25). The van der Waals surface area contributed by atoms with Gasteiger partial charge in [0.15, 0.2) is 0 Å². The molecular formula is C18H14N8. The number of aromatic nitrogens is 5. The van der Waals surface area contributed by atoms with Gasteiger partial charge in [-0.2, -0.15) is 10.4 Å². The number of pyridine rings is 1. The van der Waals surface area contributed by atoms with Gasteiger partial charge in [-0.1, -0.05) is 0 Å². The Kier molecular flexibility index (Phi) is 3.67. The molecule has 8 heteroatoms. The van der Waals surface area contributed by atoms with Crippen molar-refractivity contribution in [3.8, 4) is 11.8 Å². The molecule has 4 rings (SSSR count). The molecule has 0 atom stereocenters. The first-order chi connectivity index (χ1) is 12.6. The second-order valence-electron chi connectivity index (χ2n) is 5.75. The van der Waals surface area contributed by atoms with E-state index in [1.807, 2.05) is 29.8 Å². The molecule has 0 unspecified atom stereocenters. The van der Waals surface area contributed by atoms with Gasteiger partial charge < -0.3 is 11.1 Å². The minimum Gasteiger partial charge on any atom is -0.384 e. The highest BCUT2D eigenvalue weighted by molar-refractivity contribution is 5.82. The van der Waals surface area contributed by atoms with Gasteiger partial charge in [0.05, 0.1) is 29.0 Å². The predicted molar refractivity (Wildman–Crippen MR) is 98.0 cm³/mol. The van der Waals surface area contributed by atoms with Crippen LogP contribution in [0.1, 0.15) is 11.1 Å². The largest absolute Gasteiger partial charge is 0.384 e. The maximum Gasteiger partial charge on any atom is 0.137 e. The summed E-state index contributed by atoms with van der Waals surface area (Å²) in [7, 11) is 0. The zero-order chi connectivity index (χ0) is 18.1. The Morgan fingerprint density at radius 3 is 2.69 bits per heavy atom. The summed E-state index contributed by atoms with van der Waals surface area (Å²) in [6.07, 6.45) is 4.89.